The van der Waals surface area contributed by atoms with Gasteiger partial charge in [0.25, 0.3) is 5.91 Å². The molecule has 3 amide bonds. The molecule has 1 unspecified atom stereocenters. The molecule has 0 bridgehead atoms. The lowest BCUT2D eigenvalue weighted by atomic mass is 10.1. The van der Waals surface area contributed by atoms with Crippen LogP contribution in [0.3, 0.4) is 0 Å². The van der Waals surface area contributed by atoms with Crippen LogP contribution in [0.25, 0.3) is 0 Å². The molecule has 0 spiro atoms. The van der Waals surface area contributed by atoms with E-state index in [9.17, 15) is 14.4 Å². The third kappa shape index (κ3) is 5.31. The summed E-state index contributed by atoms with van der Waals surface area (Å²) in [7, 11) is 0. The Morgan fingerprint density at radius 2 is 1.84 bits per heavy atom. The number of benzene rings is 1. The molecule has 2 aromatic rings. The largest absolute Gasteiger partial charge is 0.478 e. The minimum atomic E-state index is -0.956. The number of nitrogens with zero attached hydrogens (tertiary/aromatic N) is 3. The fourth-order valence-corrected chi connectivity index (χ4v) is 3.81. The van der Waals surface area contributed by atoms with Gasteiger partial charge in [-0.2, -0.15) is 0 Å². The van der Waals surface area contributed by atoms with Crippen molar-refractivity contribution in [2.24, 2.45) is 0 Å². The van der Waals surface area contributed by atoms with Crippen LogP contribution in [0.5, 0.6) is 0 Å². The molecule has 1 saturated heterocycles. The summed E-state index contributed by atoms with van der Waals surface area (Å²) in [5.74, 6) is -0.290. The summed E-state index contributed by atoms with van der Waals surface area (Å²) >= 11 is 0. The lowest BCUT2D eigenvalue weighted by Crippen LogP contribution is -2.38. The van der Waals surface area contributed by atoms with E-state index in [-0.39, 0.29) is 17.5 Å². The molecule has 1 aromatic heterocycles. The van der Waals surface area contributed by atoms with E-state index >= 15 is 0 Å². The van der Waals surface area contributed by atoms with Crippen molar-refractivity contribution >= 4 is 17.9 Å². The highest BCUT2D eigenvalue weighted by molar-refractivity contribution is 6.04. The number of nitrogens with one attached hydrogen (secondary N) is 1. The van der Waals surface area contributed by atoms with E-state index in [4.69, 9.17) is 5.11 Å². The molecule has 1 atom stereocenters. The van der Waals surface area contributed by atoms with E-state index in [0.717, 1.165) is 49.2 Å². The first-order chi connectivity index (χ1) is 14.9. The fourth-order valence-electron chi connectivity index (χ4n) is 3.81. The average Bonchev–Trinajstić information content (AvgIpc) is 3.25. The monoisotopic (exact) mass is 426 g/mol. The van der Waals surface area contributed by atoms with Crippen LogP contribution in [0, 0.1) is 0 Å². The van der Waals surface area contributed by atoms with Crippen LogP contribution in [-0.4, -0.2) is 50.1 Å². The predicted molar refractivity (Wildman–Crippen MR) is 116 cm³/mol. The van der Waals surface area contributed by atoms with Gasteiger partial charge in [0, 0.05) is 37.8 Å². The maximum atomic E-state index is 12.5. The number of aromatic nitrogens is 2. The number of imidazole rings is 1. The molecule has 2 heterocycles. The number of carbonyl (C=O) groups excluding carboxylic acids is 2. The van der Waals surface area contributed by atoms with Crippen molar-refractivity contribution in [3.63, 3.8) is 0 Å². The van der Waals surface area contributed by atoms with Crippen LogP contribution in [0.1, 0.15) is 67.0 Å². The predicted octanol–water partition coefficient (Wildman–Crippen LogP) is 3.24. The Labute approximate surface area is 182 Å². The summed E-state index contributed by atoms with van der Waals surface area (Å²) in [6.07, 6.45) is 6.83. The van der Waals surface area contributed by atoms with Gasteiger partial charge in [-0.15, -0.1) is 0 Å². The molecule has 0 radical (unpaired) electrons. The van der Waals surface area contributed by atoms with E-state index in [1.54, 1.807) is 35.4 Å². The van der Waals surface area contributed by atoms with Gasteiger partial charge < -0.3 is 14.6 Å². The Bertz CT molecular complexity index is 936. The summed E-state index contributed by atoms with van der Waals surface area (Å²) in [6, 6.07) is 5.92. The van der Waals surface area contributed by atoms with Gasteiger partial charge in [-0.05, 0) is 30.5 Å². The van der Waals surface area contributed by atoms with Gasteiger partial charge in [0.1, 0.15) is 11.9 Å². The van der Waals surface area contributed by atoms with Gasteiger partial charge in [-0.1, -0.05) is 38.8 Å². The minimum Gasteiger partial charge on any atom is -0.478 e. The summed E-state index contributed by atoms with van der Waals surface area (Å²) in [5, 5.41) is 11.6. The zero-order valence-corrected chi connectivity index (χ0v) is 18.1. The Balaban J connectivity index is 1.86. The lowest BCUT2D eigenvalue weighted by molar-refractivity contribution is -0.121. The fraction of sp³-hybridized carbons (Fsp3) is 0.478. The van der Waals surface area contributed by atoms with Gasteiger partial charge in [0.2, 0.25) is 0 Å². The first-order valence-electron chi connectivity index (χ1n) is 10.9. The second kappa shape index (κ2) is 10.2. The number of hydrogen-bond acceptors (Lipinski definition) is 4. The molecule has 8 heteroatoms. The van der Waals surface area contributed by atoms with Crippen molar-refractivity contribution < 1.29 is 19.5 Å². The van der Waals surface area contributed by atoms with Crippen molar-refractivity contribution in [3.8, 4) is 0 Å². The van der Waals surface area contributed by atoms with Crippen LogP contribution in [-0.2, 0) is 24.2 Å². The number of aryl methyl sites for hydroxylation is 1. The minimum absolute atomic E-state index is 0.244. The molecule has 0 aliphatic carbocycles. The number of rotatable bonds is 11. The molecule has 2 N–H and O–H groups in total. The van der Waals surface area contributed by atoms with E-state index in [2.05, 4.69) is 28.7 Å². The second-order valence-electron chi connectivity index (χ2n) is 7.92. The Morgan fingerprint density at radius 3 is 2.48 bits per heavy atom. The second-order valence-corrected chi connectivity index (χ2v) is 7.92. The zero-order chi connectivity index (χ0) is 22.4. The van der Waals surface area contributed by atoms with Crippen LogP contribution in [0.15, 0.2) is 30.5 Å². The summed E-state index contributed by atoms with van der Waals surface area (Å²) in [4.78, 5) is 42.0. The van der Waals surface area contributed by atoms with Crippen LogP contribution in [0.2, 0.25) is 0 Å². The molecule has 8 nitrogen and oxygen atoms in total. The third-order valence-electron chi connectivity index (χ3n) is 5.64. The third-order valence-corrected chi connectivity index (χ3v) is 5.64. The Hall–Kier alpha value is -3.16. The van der Waals surface area contributed by atoms with E-state index in [0.29, 0.717) is 19.5 Å². The van der Waals surface area contributed by atoms with Gasteiger partial charge in [0.05, 0.1) is 5.56 Å². The number of hydrogen-bond donors (Lipinski definition) is 2. The molecule has 166 valence electrons. The van der Waals surface area contributed by atoms with Gasteiger partial charge in [-0.3, -0.25) is 10.1 Å². The Morgan fingerprint density at radius 1 is 1.13 bits per heavy atom. The van der Waals surface area contributed by atoms with Crippen molar-refractivity contribution in [1.29, 1.82) is 0 Å². The number of urea groups is 1. The number of carboxylic acids is 1. The number of carbonyl (C=O) groups is 3. The summed E-state index contributed by atoms with van der Waals surface area (Å²) in [5.41, 5.74) is 2.09. The zero-order valence-electron chi connectivity index (χ0n) is 18.1. The van der Waals surface area contributed by atoms with E-state index < -0.39 is 12.0 Å². The van der Waals surface area contributed by atoms with Crippen molar-refractivity contribution in [2.45, 2.75) is 65.0 Å². The molecule has 1 aliphatic rings. The maximum absolute atomic E-state index is 12.5. The molecule has 31 heavy (non-hydrogen) atoms. The van der Waals surface area contributed by atoms with E-state index in [1.165, 1.54) is 0 Å². The molecule has 1 aliphatic heterocycles. The van der Waals surface area contributed by atoms with Gasteiger partial charge in [-0.25, -0.2) is 14.6 Å². The summed E-state index contributed by atoms with van der Waals surface area (Å²) in [6.45, 7) is 5.26. The molecule has 1 aromatic carbocycles. The SMILES string of the molecule is CCCCc1ncc(CC2C(=O)NC(=O)N2CCCC)n1Cc1ccc(C(=O)O)cc1. The number of carboxylic acid groups (broad SMARTS) is 1. The van der Waals surface area contributed by atoms with Crippen molar-refractivity contribution in [1.82, 2.24) is 19.8 Å². The molecule has 0 saturated carbocycles. The first-order valence-corrected chi connectivity index (χ1v) is 10.9. The number of imide groups is 1. The Kier molecular flexibility index (Phi) is 7.44. The van der Waals surface area contributed by atoms with Gasteiger partial charge in [0.15, 0.2) is 0 Å². The number of amides is 3. The quantitative estimate of drug-likeness (QED) is 0.537. The topological polar surface area (TPSA) is 105 Å². The smallest absolute Gasteiger partial charge is 0.335 e. The molecular formula is C23H30N4O4. The highest BCUT2D eigenvalue weighted by Gasteiger charge is 2.38. The average molecular weight is 427 g/mol. The van der Waals surface area contributed by atoms with Crippen LogP contribution in [0.4, 0.5) is 4.79 Å². The van der Waals surface area contributed by atoms with Crippen molar-refractivity contribution in [2.75, 3.05) is 6.54 Å². The van der Waals surface area contributed by atoms with E-state index in [1.807, 2.05) is 0 Å². The lowest BCUT2D eigenvalue weighted by Gasteiger charge is -2.22. The highest BCUT2D eigenvalue weighted by Crippen LogP contribution is 2.19. The number of aromatic carboxylic acids is 1. The number of unbranched alkanes of at least 4 members (excludes halogenated alkanes) is 2. The first kappa shape index (κ1) is 22.5. The maximum Gasteiger partial charge on any atom is 0.335 e. The molecular weight excluding hydrogens is 396 g/mol. The summed E-state index contributed by atoms with van der Waals surface area (Å²) < 4.78 is 2.10. The van der Waals surface area contributed by atoms with Gasteiger partial charge >= 0.3 is 12.0 Å². The standard InChI is InChI=1S/C23H30N4O4/c1-3-5-7-20-24-14-18(13-19-21(28)25-23(31)26(19)12-6-4-2)27(20)15-16-8-10-17(11-9-16)22(29)30/h8-11,14,19H,3-7,12-13,15H2,1-2H3,(H,29,30)(H,25,28,31). The van der Waals surface area contributed by atoms with Crippen LogP contribution >= 0.6 is 0 Å². The molecule has 3 rings (SSSR count). The molecule has 1 fully saturated rings. The normalized spacial score (nSPS) is 16.1. The highest BCUT2D eigenvalue weighted by atomic mass is 16.4. The van der Waals surface area contributed by atoms with Crippen LogP contribution < -0.4 is 5.32 Å². The van der Waals surface area contributed by atoms with Crippen molar-refractivity contribution in [3.05, 3.63) is 53.1 Å².